The Hall–Kier alpha value is -1.55. The summed E-state index contributed by atoms with van der Waals surface area (Å²) in [5.74, 6) is 0.492. The third kappa shape index (κ3) is 3.38. The number of hydrogen-bond donors (Lipinski definition) is 1. The second kappa shape index (κ2) is 6.48. The lowest BCUT2D eigenvalue weighted by molar-refractivity contribution is 0.356. The number of hydrogen-bond acceptors (Lipinski definition) is 2. The third-order valence-electron chi connectivity index (χ3n) is 4.07. The van der Waals surface area contributed by atoms with Crippen molar-refractivity contribution < 1.29 is 4.39 Å². The van der Waals surface area contributed by atoms with Gasteiger partial charge in [-0.15, -0.1) is 0 Å². The quantitative estimate of drug-likeness (QED) is 0.880. The highest BCUT2D eigenvalue weighted by atomic mass is 35.5. The molecule has 0 spiro atoms. The van der Waals surface area contributed by atoms with Crippen molar-refractivity contribution in [1.29, 1.82) is 0 Å². The fourth-order valence-corrected chi connectivity index (χ4v) is 3.14. The molecule has 21 heavy (non-hydrogen) atoms. The molecule has 2 aromatic rings. The molecule has 1 saturated carbocycles. The Morgan fingerprint density at radius 1 is 1.29 bits per heavy atom. The van der Waals surface area contributed by atoms with Crippen molar-refractivity contribution in [2.45, 2.75) is 44.7 Å². The lowest BCUT2D eigenvalue weighted by atomic mass is 9.95. The van der Waals surface area contributed by atoms with Crippen LogP contribution < -0.4 is 5.32 Å². The average molecular weight is 308 g/mol. The maximum absolute atomic E-state index is 13.2. The van der Waals surface area contributed by atoms with Gasteiger partial charge in [-0.25, -0.2) is 9.37 Å². The van der Waals surface area contributed by atoms with Crippen LogP contribution in [0.1, 0.15) is 43.7 Å². The summed E-state index contributed by atoms with van der Waals surface area (Å²) in [7, 11) is 0. The van der Waals surface area contributed by atoms with E-state index in [4.69, 9.17) is 11.6 Å². The molecular formula is C16H19ClFN3. The van der Waals surface area contributed by atoms with Crippen LogP contribution in [-0.4, -0.2) is 9.55 Å². The number of halogens is 2. The summed E-state index contributed by atoms with van der Waals surface area (Å²) in [6.07, 6.45) is 10.2. The van der Waals surface area contributed by atoms with Gasteiger partial charge in [-0.1, -0.05) is 36.9 Å². The van der Waals surface area contributed by atoms with Crippen LogP contribution in [0.5, 0.6) is 0 Å². The Morgan fingerprint density at radius 2 is 2.10 bits per heavy atom. The minimum absolute atomic E-state index is 0.157. The highest BCUT2D eigenvalue weighted by Gasteiger charge is 2.17. The van der Waals surface area contributed by atoms with Gasteiger partial charge in [0.15, 0.2) is 0 Å². The molecule has 1 N–H and O–H groups in total. The summed E-state index contributed by atoms with van der Waals surface area (Å²) in [5, 5.41) is 3.48. The summed E-state index contributed by atoms with van der Waals surface area (Å²) in [5.41, 5.74) is 0.944. The lowest BCUT2D eigenvalue weighted by Crippen LogP contribution is -2.15. The van der Waals surface area contributed by atoms with Crippen LogP contribution in [0.2, 0.25) is 5.02 Å². The monoisotopic (exact) mass is 307 g/mol. The molecule has 5 heteroatoms. The molecule has 1 aromatic heterocycles. The lowest BCUT2D eigenvalue weighted by Gasteiger charge is -2.24. The Balaban J connectivity index is 1.67. The highest BCUT2D eigenvalue weighted by Crippen LogP contribution is 2.30. The number of benzene rings is 1. The Labute approximate surface area is 129 Å². The molecule has 1 aliphatic carbocycles. The minimum Gasteiger partial charge on any atom is -0.352 e. The molecule has 112 valence electrons. The summed E-state index contributed by atoms with van der Waals surface area (Å²) in [6.45, 7) is 0.587. The zero-order valence-electron chi connectivity index (χ0n) is 11.9. The van der Waals surface area contributed by atoms with E-state index >= 15 is 0 Å². The molecule has 0 radical (unpaired) electrons. The zero-order valence-corrected chi connectivity index (χ0v) is 12.6. The molecule has 0 bridgehead atoms. The van der Waals surface area contributed by atoms with Crippen LogP contribution in [0, 0.1) is 5.82 Å². The van der Waals surface area contributed by atoms with E-state index in [1.807, 2.05) is 12.4 Å². The summed E-state index contributed by atoms with van der Waals surface area (Å²) in [4.78, 5) is 4.39. The Morgan fingerprint density at radius 3 is 2.86 bits per heavy atom. The summed E-state index contributed by atoms with van der Waals surface area (Å²) < 4.78 is 15.4. The van der Waals surface area contributed by atoms with Gasteiger partial charge >= 0.3 is 0 Å². The van der Waals surface area contributed by atoms with E-state index in [9.17, 15) is 4.39 Å². The predicted octanol–water partition coefficient (Wildman–Crippen LogP) is 4.79. The SMILES string of the molecule is Fc1ccc(CNc2nccn2C2CCCCC2)cc1Cl. The van der Waals surface area contributed by atoms with Crippen LogP contribution in [0.3, 0.4) is 0 Å². The van der Waals surface area contributed by atoms with Crippen molar-refractivity contribution in [2.24, 2.45) is 0 Å². The topological polar surface area (TPSA) is 29.9 Å². The molecule has 1 heterocycles. The molecule has 1 aromatic carbocycles. The Bertz CT molecular complexity index is 605. The van der Waals surface area contributed by atoms with Gasteiger partial charge in [0.05, 0.1) is 5.02 Å². The first-order chi connectivity index (χ1) is 10.2. The van der Waals surface area contributed by atoms with Crippen molar-refractivity contribution >= 4 is 17.5 Å². The van der Waals surface area contributed by atoms with Crippen molar-refractivity contribution in [3.8, 4) is 0 Å². The second-order valence-corrected chi connectivity index (χ2v) is 5.96. The van der Waals surface area contributed by atoms with Gasteiger partial charge in [0, 0.05) is 25.0 Å². The molecule has 0 atom stereocenters. The molecule has 0 amide bonds. The average Bonchev–Trinajstić information content (AvgIpc) is 2.98. The molecule has 3 rings (SSSR count). The number of imidazole rings is 1. The van der Waals surface area contributed by atoms with Crippen LogP contribution in [0.4, 0.5) is 10.3 Å². The fourth-order valence-electron chi connectivity index (χ4n) is 2.93. The van der Waals surface area contributed by atoms with Gasteiger partial charge < -0.3 is 9.88 Å². The van der Waals surface area contributed by atoms with Crippen molar-refractivity contribution in [2.75, 3.05) is 5.32 Å². The number of nitrogens with zero attached hydrogens (tertiary/aromatic N) is 2. The largest absolute Gasteiger partial charge is 0.352 e. The van der Waals surface area contributed by atoms with Crippen LogP contribution in [0.25, 0.3) is 0 Å². The first-order valence-electron chi connectivity index (χ1n) is 7.44. The summed E-state index contributed by atoms with van der Waals surface area (Å²) in [6, 6.07) is 5.33. The minimum atomic E-state index is -0.385. The Kier molecular flexibility index (Phi) is 4.44. The fraction of sp³-hybridized carbons (Fsp3) is 0.438. The van der Waals surface area contributed by atoms with E-state index in [1.54, 1.807) is 12.1 Å². The molecule has 3 nitrogen and oxygen atoms in total. The smallest absolute Gasteiger partial charge is 0.203 e. The molecule has 1 aliphatic rings. The molecule has 1 fully saturated rings. The normalized spacial score (nSPS) is 16.1. The number of rotatable bonds is 4. The standard InChI is InChI=1S/C16H19ClFN3/c17-14-10-12(6-7-15(14)18)11-20-16-19-8-9-21(16)13-4-2-1-3-5-13/h6-10,13H,1-5,11H2,(H,19,20). The van der Waals surface area contributed by atoms with E-state index in [-0.39, 0.29) is 10.8 Å². The van der Waals surface area contributed by atoms with E-state index in [1.165, 1.54) is 38.2 Å². The van der Waals surface area contributed by atoms with E-state index in [0.29, 0.717) is 12.6 Å². The van der Waals surface area contributed by atoms with Crippen LogP contribution in [-0.2, 0) is 6.54 Å². The number of aromatic nitrogens is 2. The van der Waals surface area contributed by atoms with E-state index in [2.05, 4.69) is 14.9 Å². The highest BCUT2D eigenvalue weighted by molar-refractivity contribution is 6.30. The molecular weight excluding hydrogens is 289 g/mol. The van der Waals surface area contributed by atoms with Crippen molar-refractivity contribution in [1.82, 2.24) is 9.55 Å². The first-order valence-corrected chi connectivity index (χ1v) is 7.82. The van der Waals surface area contributed by atoms with E-state index in [0.717, 1.165) is 11.5 Å². The first kappa shape index (κ1) is 14.4. The van der Waals surface area contributed by atoms with Gasteiger partial charge in [-0.3, -0.25) is 0 Å². The van der Waals surface area contributed by atoms with E-state index < -0.39 is 0 Å². The summed E-state index contributed by atoms with van der Waals surface area (Å²) >= 11 is 5.80. The van der Waals surface area contributed by atoms with Gasteiger partial charge in [-0.05, 0) is 30.5 Å². The number of nitrogens with one attached hydrogen (secondary N) is 1. The maximum Gasteiger partial charge on any atom is 0.203 e. The van der Waals surface area contributed by atoms with Gasteiger partial charge in [0.2, 0.25) is 5.95 Å². The molecule has 0 unspecified atom stereocenters. The third-order valence-corrected chi connectivity index (χ3v) is 4.36. The maximum atomic E-state index is 13.2. The van der Waals surface area contributed by atoms with Crippen LogP contribution >= 0.6 is 11.6 Å². The second-order valence-electron chi connectivity index (χ2n) is 5.55. The van der Waals surface area contributed by atoms with Gasteiger partial charge in [0.1, 0.15) is 5.82 Å². The molecule has 0 saturated heterocycles. The van der Waals surface area contributed by atoms with Gasteiger partial charge in [-0.2, -0.15) is 0 Å². The van der Waals surface area contributed by atoms with Crippen LogP contribution in [0.15, 0.2) is 30.6 Å². The zero-order chi connectivity index (χ0) is 14.7. The van der Waals surface area contributed by atoms with Gasteiger partial charge in [0.25, 0.3) is 0 Å². The predicted molar refractivity (Wildman–Crippen MR) is 83.1 cm³/mol. The van der Waals surface area contributed by atoms with Crippen molar-refractivity contribution in [3.63, 3.8) is 0 Å². The molecule has 0 aliphatic heterocycles. The van der Waals surface area contributed by atoms with Crippen molar-refractivity contribution in [3.05, 3.63) is 47.0 Å². The number of anilines is 1.